The monoisotopic (exact) mass is 220 g/mol. The summed E-state index contributed by atoms with van der Waals surface area (Å²) in [6.45, 7) is 5.88. The molecular formula is C12H20N4. The van der Waals surface area contributed by atoms with Gasteiger partial charge in [-0.05, 0) is 31.4 Å². The van der Waals surface area contributed by atoms with E-state index in [9.17, 15) is 0 Å². The zero-order chi connectivity index (χ0) is 10.8. The molecule has 1 aromatic heterocycles. The summed E-state index contributed by atoms with van der Waals surface area (Å²) in [6, 6.07) is 2.75. The minimum atomic E-state index is 0.756. The number of hydrogen-bond acceptors (Lipinski definition) is 3. The van der Waals surface area contributed by atoms with Crippen LogP contribution in [0.1, 0.15) is 12.8 Å². The zero-order valence-electron chi connectivity index (χ0n) is 9.68. The van der Waals surface area contributed by atoms with Gasteiger partial charge in [0.25, 0.3) is 0 Å². The van der Waals surface area contributed by atoms with Crippen LogP contribution < -0.4 is 5.32 Å². The number of piperidine rings is 1. The molecule has 0 spiro atoms. The Labute approximate surface area is 96.6 Å². The molecule has 16 heavy (non-hydrogen) atoms. The molecule has 0 bridgehead atoms. The van der Waals surface area contributed by atoms with Crippen LogP contribution in [0, 0.1) is 5.92 Å². The fourth-order valence-corrected chi connectivity index (χ4v) is 3.00. The fraction of sp³-hybridized carbons (Fsp3) is 0.750. The molecule has 0 aromatic carbocycles. The highest BCUT2D eigenvalue weighted by Gasteiger charge is 2.33. The average molecular weight is 220 g/mol. The van der Waals surface area contributed by atoms with Gasteiger partial charge >= 0.3 is 0 Å². The van der Waals surface area contributed by atoms with Crippen LogP contribution in [-0.2, 0) is 6.54 Å². The summed E-state index contributed by atoms with van der Waals surface area (Å²) >= 11 is 0. The lowest BCUT2D eigenvalue weighted by molar-refractivity contribution is 0.301. The molecule has 3 heterocycles. The first-order chi connectivity index (χ1) is 7.92. The van der Waals surface area contributed by atoms with E-state index in [1.807, 2.05) is 23.1 Å². The van der Waals surface area contributed by atoms with Crippen molar-refractivity contribution < 1.29 is 0 Å². The minimum absolute atomic E-state index is 0.756. The van der Waals surface area contributed by atoms with Gasteiger partial charge in [0.05, 0.1) is 6.54 Å². The third-order valence-electron chi connectivity index (χ3n) is 3.88. The quantitative estimate of drug-likeness (QED) is 0.808. The molecule has 88 valence electrons. The molecule has 2 aliphatic heterocycles. The Balaban J connectivity index is 1.50. The highest BCUT2D eigenvalue weighted by Crippen LogP contribution is 2.24. The van der Waals surface area contributed by atoms with Gasteiger partial charge in [0.1, 0.15) is 0 Å². The molecule has 0 unspecified atom stereocenters. The van der Waals surface area contributed by atoms with Gasteiger partial charge in [-0.2, -0.15) is 5.10 Å². The lowest BCUT2D eigenvalue weighted by Gasteiger charge is -2.24. The minimum Gasteiger partial charge on any atom is -0.312 e. The van der Waals surface area contributed by atoms with Gasteiger partial charge in [0.15, 0.2) is 0 Å². The summed E-state index contributed by atoms with van der Waals surface area (Å²) in [5.41, 5.74) is 0. The zero-order valence-corrected chi connectivity index (χ0v) is 9.68. The second-order valence-corrected chi connectivity index (χ2v) is 4.99. The first kappa shape index (κ1) is 10.3. The van der Waals surface area contributed by atoms with Crippen molar-refractivity contribution in [1.29, 1.82) is 0 Å². The van der Waals surface area contributed by atoms with Gasteiger partial charge < -0.3 is 5.32 Å². The van der Waals surface area contributed by atoms with Crippen molar-refractivity contribution in [3.8, 4) is 0 Å². The molecule has 0 radical (unpaired) electrons. The van der Waals surface area contributed by atoms with Crippen molar-refractivity contribution in [2.75, 3.05) is 26.2 Å². The van der Waals surface area contributed by atoms with Crippen molar-refractivity contribution in [1.82, 2.24) is 20.0 Å². The third kappa shape index (κ3) is 2.13. The van der Waals surface area contributed by atoms with Crippen molar-refractivity contribution >= 4 is 0 Å². The van der Waals surface area contributed by atoms with Crippen molar-refractivity contribution in [2.45, 2.75) is 25.4 Å². The molecule has 0 saturated carbocycles. The van der Waals surface area contributed by atoms with Crippen LogP contribution in [0.3, 0.4) is 0 Å². The number of nitrogens with one attached hydrogen (secondary N) is 1. The Hall–Kier alpha value is -0.870. The van der Waals surface area contributed by atoms with E-state index in [-0.39, 0.29) is 0 Å². The lowest BCUT2D eigenvalue weighted by atomic mass is 9.94. The predicted molar refractivity (Wildman–Crippen MR) is 63.2 cm³/mol. The van der Waals surface area contributed by atoms with E-state index < -0.39 is 0 Å². The molecule has 0 amide bonds. The Kier molecular flexibility index (Phi) is 2.93. The first-order valence-electron chi connectivity index (χ1n) is 6.35. The number of aromatic nitrogens is 2. The summed E-state index contributed by atoms with van der Waals surface area (Å²) in [5.74, 6) is 0.895. The highest BCUT2D eigenvalue weighted by molar-refractivity contribution is 4.91. The van der Waals surface area contributed by atoms with E-state index in [0.717, 1.165) is 25.0 Å². The molecule has 4 heteroatoms. The van der Waals surface area contributed by atoms with Crippen molar-refractivity contribution in [3.05, 3.63) is 18.5 Å². The van der Waals surface area contributed by atoms with E-state index in [1.54, 1.807) is 0 Å². The van der Waals surface area contributed by atoms with Crippen molar-refractivity contribution in [2.24, 2.45) is 5.92 Å². The molecule has 4 nitrogen and oxygen atoms in total. The van der Waals surface area contributed by atoms with Crippen LogP contribution >= 0.6 is 0 Å². The van der Waals surface area contributed by atoms with Gasteiger partial charge in [0.2, 0.25) is 0 Å². The lowest BCUT2D eigenvalue weighted by Crippen LogP contribution is -2.40. The predicted octanol–water partition coefficient (Wildman–Crippen LogP) is 0.567. The molecule has 2 atom stereocenters. The molecule has 2 aliphatic rings. The Morgan fingerprint density at radius 2 is 2.31 bits per heavy atom. The summed E-state index contributed by atoms with van der Waals surface area (Å²) < 4.78 is 2.02. The Bertz CT molecular complexity index is 308. The van der Waals surface area contributed by atoms with Crippen molar-refractivity contribution in [3.63, 3.8) is 0 Å². The van der Waals surface area contributed by atoms with Gasteiger partial charge in [-0.25, -0.2) is 0 Å². The second-order valence-electron chi connectivity index (χ2n) is 4.99. The van der Waals surface area contributed by atoms with Crippen LogP contribution in [0.5, 0.6) is 0 Å². The fourth-order valence-electron chi connectivity index (χ4n) is 3.00. The number of likely N-dealkylation sites (tertiary alicyclic amines) is 1. The smallest absolute Gasteiger partial charge is 0.0536 e. The van der Waals surface area contributed by atoms with Crippen LogP contribution in [0.25, 0.3) is 0 Å². The molecular weight excluding hydrogens is 200 g/mol. The largest absolute Gasteiger partial charge is 0.312 e. The van der Waals surface area contributed by atoms with Gasteiger partial charge in [-0.15, -0.1) is 0 Å². The third-order valence-corrected chi connectivity index (χ3v) is 3.88. The Morgan fingerprint density at radius 1 is 1.31 bits per heavy atom. The van der Waals surface area contributed by atoms with Crippen LogP contribution in [0.2, 0.25) is 0 Å². The second kappa shape index (κ2) is 4.55. The summed E-state index contributed by atoms with van der Waals surface area (Å²) in [5, 5.41) is 7.88. The van der Waals surface area contributed by atoms with Gasteiger partial charge in [-0.3, -0.25) is 9.58 Å². The van der Waals surface area contributed by atoms with E-state index in [1.165, 1.54) is 32.5 Å². The van der Waals surface area contributed by atoms with E-state index in [0.29, 0.717) is 0 Å². The van der Waals surface area contributed by atoms with E-state index >= 15 is 0 Å². The SMILES string of the molecule is c1cnn(CCN2C[C@@H]3CCCN[C@@H]3C2)c1. The molecule has 1 N–H and O–H groups in total. The maximum Gasteiger partial charge on any atom is 0.0536 e. The first-order valence-corrected chi connectivity index (χ1v) is 6.35. The standard InChI is InChI=1S/C12H20N4/c1-3-11-9-15(10-12(11)13-4-1)7-8-16-6-2-5-14-16/h2,5-6,11-13H,1,3-4,7-10H2/t11-,12+/m0/s1. The number of nitrogens with zero attached hydrogens (tertiary/aromatic N) is 3. The molecule has 2 saturated heterocycles. The highest BCUT2D eigenvalue weighted by atomic mass is 15.3. The maximum atomic E-state index is 4.24. The molecule has 2 fully saturated rings. The average Bonchev–Trinajstić information content (AvgIpc) is 2.95. The Morgan fingerprint density at radius 3 is 3.12 bits per heavy atom. The van der Waals surface area contributed by atoms with Crippen LogP contribution in [0.4, 0.5) is 0 Å². The van der Waals surface area contributed by atoms with Crippen LogP contribution in [0.15, 0.2) is 18.5 Å². The number of rotatable bonds is 3. The van der Waals surface area contributed by atoms with E-state index in [2.05, 4.69) is 15.3 Å². The normalized spacial score (nSPS) is 30.5. The summed E-state index contributed by atoms with van der Waals surface area (Å²) in [7, 11) is 0. The van der Waals surface area contributed by atoms with Gasteiger partial charge in [-0.1, -0.05) is 0 Å². The molecule has 3 rings (SSSR count). The number of fused-ring (bicyclic) bond motifs is 1. The summed E-state index contributed by atoms with van der Waals surface area (Å²) in [6.07, 6.45) is 6.66. The topological polar surface area (TPSA) is 33.1 Å². The van der Waals surface area contributed by atoms with Crippen LogP contribution in [-0.4, -0.2) is 46.9 Å². The number of hydrogen-bond donors (Lipinski definition) is 1. The van der Waals surface area contributed by atoms with Gasteiger partial charge in [0, 0.05) is 38.1 Å². The maximum absolute atomic E-state index is 4.24. The molecule has 1 aromatic rings. The summed E-state index contributed by atoms with van der Waals surface area (Å²) in [4.78, 5) is 2.58. The molecule has 0 aliphatic carbocycles. The van der Waals surface area contributed by atoms with E-state index in [4.69, 9.17) is 0 Å².